The minimum atomic E-state index is -0.544. The van der Waals surface area contributed by atoms with E-state index >= 15 is 0 Å². The molecule has 192 valence electrons. The fourth-order valence-corrected chi connectivity index (χ4v) is 11.2. The zero-order chi connectivity index (χ0) is 25.2. The van der Waals surface area contributed by atoms with Crippen molar-refractivity contribution < 1.29 is 9.90 Å². The van der Waals surface area contributed by atoms with E-state index in [4.69, 9.17) is 0 Å². The minimum absolute atomic E-state index is 0.101. The molecule has 35 heavy (non-hydrogen) atoms. The van der Waals surface area contributed by atoms with Crippen LogP contribution in [0.4, 0.5) is 0 Å². The zero-order valence-electron chi connectivity index (χ0n) is 23.2. The van der Waals surface area contributed by atoms with Gasteiger partial charge in [0.1, 0.15) is 0 Å². The maximum absolute atomic E-state index is 12.8. The number of hydrogen-bond acceptors (Lipinski definition) is 1. The summed E-state index contributed by atoms with van der Waals surface area (Å²) >= 11 is 0. The van der Waals surface area contributed by atoms with Gasteiger partial charge < -0.3 is 10.1 Å². The second-order valence-electron chi connectivity index (χ2n) is 15.5. The molecule has 1 aromatic rings. The maximum atomic E-state index is 12.8. The monoisotopic (exact) mass is 477 g/mol. The summed E-state index contributed by atoms with van der Waals surface area (Å²) in [6, 6.07) is 2.34. The Morgan fingerprint density at radius 1 is 0.971 bits per heavy atom. The zero-order valence-corrected chi connectivity index (χ0v) is 23.2. The number of fused-ring (bicyclic) bond motifs is 8. The van der Waals surface area contributed by atoms with Crippen molar-refractivity contribution in [3.8, 4) is 0 Å². The second kappa shape index (κ2) is 6.87. The van der Waals surface area contributed by atoms with Crippen LogP contribution in [0, 0.1) is 44.8 Å². The van der Waals surface area contributed by atoms with Crippen molar-refractivity contribution in [2.24, 2.45) is 44.8 Å². The van der Waals surface area contributed by atoms with Gasteiger partial charge in [-0.1, -0.05) is 60.1 Å². The molecule has 0 amide bonds. The van der Waals surface area contributed by atoms with Gasteiger partial charge in [-0.25, -0.2) is 0 Å². The van der Waals surface area contributed by atoms with E-state index in [-0.39, 0.29) is 33.0 Å². The summed E-state index contributed by atoms with van der Waals surface area (Å²) in [7, 11) is 0. The average Bonchev–Trinajstić information content (AvgIpc) is 3.22. The minimum Gasteiger partial charge on any atom is -0.481 e. The van der Waals surface area contributed by atoms with Crippen LogP contribution < -0.4 is 0 Å². The van der Waals surface area contributed by atoms with Crippen molar-refractivity contribution in [3.05, 3.63) is 35.2 Å². The van der Waals surface area contributed by atoms with Gasteiger partial charge in [0.2, 0.25) is 0 Å². The van der Waals surface area contributed by atoms with Crippen molar-refractivity contribution in [2.75, 3.05) is 0 Å². The summed E-state index contributed by atoms with van der Waals surface area (Å²) in [4.78, 5) is 16.5. The number of nitrogens with one attached hydrogen (secondary N) is 1. The number of rotatable bonds is 1. The number of carboxylic acid groups (broad SMARTS) is 1. The van der Waals surface area contributed by atoms with Crippen LogP contribution in [0.2, 0.25) is 0 Å². The van der Waals surface area contributed by atoms with Crippen LogP contribution in [0.1, 0.15) is 111 Å². The number of hydrogen-bond donors (Lipinski definition) is 2. The molecule has 0 spiro atoms. The highest BCUT2D eigenvalue weighted by atomic mass is 16.4. The van der Waals surface area contributed by atoms with Crippen LogP contribution in [0.5, 0.6) is 0 Å². The third kappa shape index (κ3) is 2.77. The normalized spacial score (nSPS) is 47.3. The van der Waals surface area contributed by atoms with Crippen LogP contribution in [0.15, 0.2) is 23.9 Å². The van der Waals surface area contributed by atoms with E-state index < -0.39 is 11.4 Å². The van der Waals surface area contributed by atoms with Gasteiger partial charge in [-0.2, -0.15) is 0 Å². The molecule has 0 aromatic carbocycles. The summed E-state index contributed by atoms with van der Waals surface area (Å²) < 4.78 is 0. The van der Waals surface area contributed by atoms with Crippen molar-refractivity contribution in [1.29, 1.82) is 0 Å². The maximum Gasteiger partial charge on any atom is 0.310 e. The standard InChI is InChI=1S/C32H47NO2/c1-27(2)13-15-32(26(34)35)16-14-30(6)21(22(32)19-27)8-9-24-29(5)18-20-11-17-33-25(20)28(3,4)23(29)10-12-31(24,30)7/h8,11,17,22-24,33H,9-10,12-16,18-19H2,1-7H3,(H,34,35)/t22?,23?,24?,29-,30+,31+,32-/m0/s1. The van der Waals surface area contributed by atoms with Gasteiger partial charge in [0.25, 0.3) is 0 Å². The molecule has 3 saturated carbocycles. The molecule has 3 nitrogen and oxygen atoms in total. The first-order chi connectivity index (χ1) is 16.2. The van der Waals surface area contributed by atoms with Gasteiger partial charge in [0.15, 0.2) is 0 Å². The van der Waals surface area contributed by atoms with E-state index in [9.17, 15) is 9.90 Å². The van der Waals surface area contributed by atoms with Gasteiger partial charge >= 0.3 is 5.97 Å². The Balaban J connectivity index is 1.47. The quantitative estimate of drug-likeness (QED) is 0.404. The highest BCUT2D eigenvalue weighted by Crippen LogP contribution is 2.75. The van der Waals surface area contributed by atoms with E-state index in [2.05, 4.69) is 71.8 Å². The lowest BCUT2D eigenvalue weighted by molar-refractivity contribution is -0.177. The van der Waals surface area contributed by atoms with Crippen LogP contribution in [0.25, 0.3) is 0 Å². The van der Waals surface area contributed by atoms with Crippen LogP contribution in [0.3, 0.4) is 0 Å². The number of aliphatic carboxylic acids is 1. The molecule has 0 radical (unpaired) electrons. The molecule has 3 fully saturated rings. The van der Waals surface area contributed by atoms with E-state index in [0.717, 1.165) is 38.5 Å². The van der Waals surface area contributed by atoms with Crippen molar-refractivity contribution >= 4 is 5.97 Å². The SMILES string of the molecule is CC1(C)CC[C@]2(C(=O)O)CC[C@]3(C)C(=CCC4[C@@]5(C)Cc6cc[nH]c6C(C)(C)C5CC[C@]43C)C2C1. The summed E-state index contributed by atoms with van der Waals surface area (Å²) in [6.45, 7) is 17.5. The number of carbonyl (C=O) groups is 1. The topological polar surface area (TPSA) is 53.1 Å². The largest absolute Gasteiger partial charge is 0.481 e. The lowest BCUT2D eigenvalue weighted by Gasteiger charge is -2.70. The third-order valence-electron chi connectivity index (χ3n) is 13.2. The Morgan fingerprint density at radius 2 is 1.69 bits per heavy atom. The Hall–Kier alpha value is -1.51. The fraction of sp³-hybridized carbons (Fsp3) is 0.781. The van der Waals surface area contributed by atoms with Crippen LogP contribution >= 0.6 is 0 Å². The second-order valence-corrected chi connectivity index (χ2v) is 15.5. The van der Waals surface area contributed by atoms with Gasteiger partial charge in [0.05, 0.1) is 5.41 Å². The van der Waals surface area contributed by atoms with Gasteiger partial charge in [-0.15, -0.1) is 0 Å². The molecule has 5 aliphatic rings. The van der Waals surface area contributed by atoms with Crippen molar-refractivity contribution in [3.63, 3.8) is 0 Å². The molecule has 3 unspecified atom stereocenters. The third-order valence-corrected chi connectivity index (χ3v) is 13.2. The van der Waals surface area contributed by atoms with E-state index in [1.165, 1.54) is 36.1 Å². The van der Waals surface area contributed by atoms with Crippen molar-refractivity contribution in [2.45, 2.75) is 112 Å². The van der Waals surface area contributed by atoms with E-state index in [0.29, 0.717) is 11.8 Å². The number of H-pyrrole nitrogens is 1. The van der Waals surface area contributed by atoms with Gasteiger partial charge in [0, 0.05) is 17.3 Å². The summed E-state index contributed by atoms with van der Waals surface area (Å²) in [6.07, 6.45) is 14.4. The van der Waals surface area contributed by atoms with Gasteiger partial charge in [-0.3, -0.25) is 4.79 Å². The predicted octanol–water partition coefficient (Wildman–Crippen LogP) is 7.91. The summed E-state index contributed by atoms with van der Waals surface area (Å²) in [5, 5.41) is 10.6. The first-order valence-electron chi connectivity index (χ1n) is 14.3. The highest BCUT2D eigenvalue weighted by molar-refractivity contribution is 5.76. The molecule has 5 aliphatic carbocycles. The average molecular weight is 478 g/mol. The Bertz CT molecular complexity index is 1110. The van der Waals surface area contributed by atoms with Crippen LogP contribution in [-0.2, 0) is 16.6 Å². The first-order valence-corrected chi connectivity index (χ1v) is 14.3. The Kier molecular flexibility index (Phi) is 4.68. The molecule has 3 heteroatoms. The molecule has 0 aliphatic heterocycles. The summed E-state index contributed by atoms with van der Waals surface area (Å²) in [5.41, 5.74) is 4.97. The van der Waals surface area contributed by atoms with Crippen molar-refractivity contribution in [1.82, 2.24) is 4.98 Å². The van der Waals surface area contributed by atoms with E-state index in [1.807, 2.05) is 0 Å². The Morgan fingerprint density at radius 3 is 2.40 bits per heavy atom. The first kappa shape index (κ1) is 23.9. The van der Waals surface area contributed by atoms with Crippen LogP contribution in [-0.4, -0.2) is 16.1 Å². The number of aromatic nitrogens is 1. The van der Waals surface area contributed by atoms with Gasteiger partial charge in [-0.05, 0) is 109 Å². The molecular formula is C32H47NO2. The smallest absolute Gasteiger partial charge is 0.310 e. The molecule has 6 rings (SSSR count). The number of aromatic amines is 1. The lowest BCUT2D eigenvalue weighted by Crippen LogP contribution is -2.64. The number of allylic oxidation sites excluding steroid dienone is 2. The van der Waals surface area contributed by atoms with E-state index in [1.54, 1.807) is 0 Å². The molecule has 1 heterocycles. The highest BCUT2D eigenvalue weighted by Gasteiger charge is 2.69. The molecule has 1 aromatic heterocycles. The summed E-state index contributed by atoms with van der Waals surface area (Å²) in [5.74, 6) is 0.981. The lowest BCUT2D eigenvalue weighted by atomic mass is 9.33. The predicted molar refractivity (Wildman–Crippen MR) is 141 cm³/mol. The molecule has 0 bridgehead atoms. The molecule has 0 saturated heterocycles. The Labute approximate surface area is 212 Å². The fourth-order valence-electron chi connectivity index (χ4n) is 11.2. The molecule has 2 N–H and O–H groups in total. The molecule has 7 atom stereocenters. The number of carboxylic acids is 1. The molecular weight excluding hydrogens is 430 g/mol.